The van der Waals surface area contributed by atoms with Crippen molar-refractivity contribution >= 4 is 34.1 Å². The zero-order chi connectivity index (χ0) is 47.7. The molecule has 0 saturated heterocycles. The molecule has 12 unspecified atom stereocenters. The van der Waals surface area contributed by atoms with Gasteiger partial charge in [-0.1, -0.05) is 186 Å². The van der Waals surface area contributed by atoms with E-state index in [0.717, 1.165) is 41.4 Å². The number of unbranched alkanes of at least 4 members (excludes halogenated alkanes) is 1. The maximum atomic E-state index is 4.93. The molecule has 0 aliphatic heterocycles. The molecule has 8 rings (SSSR count). The van der Waals surface area contributed by atoms with E-state index in [1.165, 1.54) is 70.6 Å². The molecule has 4 fully saturated rings. The van der Waals surface area contributed by atoms with Crippen LogP contribution in [0.5, 0.6) is 0 Å². The maximum absolute atomic E-state index is 4.93. The van der Waals surface area contributed by atoms with Crippen molar-refractivity contribution in [2.45, 2.75) is 140 Å². The first-order valence-corrected chi connectivity index (χ1v) is 38.1. The monoisotopic (exact) mass is 1170 g/mol. The van der Waals surface area contributed by atoms with Gasteiger partial charge < -0.3 is 29.7 Å². The van der Waals surface area contributed by atoms with Crippen molar-refractivity contribution in [3.8, 4) is 0 Å². The third kappa shape index (κ3) is 16.4. The van der Waals surface area contributed by atoms with Crippen molar-refractivity contribution in [3.05, 3.63) is 151 Å². The summed E-state index contributed by atoms with van der Waals surface area (Å²) in [5, 5.41) is 0. The number of halogens is 4. The second-order valence-electron chi connectivity index (χ2n) is 24.3. The molecule has 6 heteroatoms. The number of rotatable bonds is 11. The SMILES string of the molecule is C=CCCC1CCC(C(C)(C)C2C3C=CC=CC3C3C=CC=CC32)C1.C=CCCCC1CCC(C(C)(C)C2C3C=C(C(C)(C)C)C=CC3C3C=CC(C(C)(C)C)=CC32)C1.[CH3-].[CH3-].[CH3-].[CH3-].[Cl][Zr+2][Cl].[Cl][Zr+2][Cl]. The predicted molar refractivity (Wildman–Crippen MR) is 307 cm³/mol. The first-order chi connectivity index (χ1) is 30.8. The zero-order valence-electron chi connectivity index (χ0n) is 46.0. The van der Waals surface area contributed by atoms with Crippen LogP contribution in [0.15, 0.2) is 122 Å². The van der Waals surface area contributed by atoms with E-state index in [9.17, 15) is 0 Å². The molecule has 0 nitrogen and oxygen atoms in total. The molecule has 386 valence electrons. The molecule has 69 heavy (non-hydrogen) atoms. The molecule has 0 bridgehead atoms. The fourth-order valence-electron chi connectivity index (χ4n) is 14.6. The van der Waals surface area contributed by atoms with Gasteiger partial charge in [0.2, 0.25) is 0 Å². The third-order valence-corrected chi connectivity index (χ3v) is 18.1. The van der Waals surface area contributed by atoms with Crippen molar-refractivity contribution in [2.24, 2.45) is 105 Å². The van der Waals surface area contributed by atoms with Gasteiger partial charge in [0.05, 0.1) is 0 Å². The van der Waals surface area contributed by atoms with Gasteiger partial charge >= 0.3 is 75.7 Å². The summed E-state index contributed by atoms with van der Waals surface area (Å²) in [6, 6.07) is 0. The van der Waals surface area contributed by atoms with Crippen LogP contribution < -0.4 is 0 Å². The molecule has 0 aromatic rings. The molecule has 12 atom stereocenters. The van der Waals surface area contributed by atoms with Crippen molar-refractivity contribution in [3.63, 3.8) is 0 Å². The standard InChI is InChI=1S/C34H52.C25H34.4CH3.4ClH.2Zr/c1-10-11-12-13-23-14-15-26(20-23)34(8,9)31-29-21-24(32(2,3)4)16-18-27(29)28-19-17-25(22-30(28)31)33(5,6)7;1-4-5-10-18-15-16-19(17-18)25(2,3)24-22-13-8-6-11-20(22)21-12-7-9-14-23(21)24;;;;;;;;;;/h10,16-19,21-23,26-31H,1,11-15,20H2,2-9H3;4,6-9,11-14,18-24H,1,5,10,15-17H2,2-3H3;4*1H3;4*1H;;/q;;4*-1;;;;;2*+4/p-4. The van der Waals surface area contributed by atoms with Gasteiger partial charge in [-0.2, -0.15) is 0 Å². The molecule has 0 spiro atoms. The third-order valence-electron chi connectivity index (χ3n) is 18.1. The van der Waals surface area contributed by atoms with Crippen molar-refractivity contribution in [1.82, 2.24) is 0 Å². The average Bonchev–Trinajstić information content (AvgIpc) is 4.07. The molecule has 0 aromatic carbocycles. The van der Waals surface area contributed by atoms with E-state index in [1.807, 2.05) is 0 Å². The molecule has 0 N–H and O–H groups in total. The molecule has 4 saturated carbocycles. The van der Waals surface area contributed by atoms with Gasteiger partial charge in [-0.15, -0.1) is 13.2 Å². The van der Waals surface area contributed by atoms with E-state index in [4.69, 9.17) is 34.1 Å². The first-order valence-electron chi connectivity index (χ1n) is 25.4. The van der Waals surface area contributed by atoms with Crippen molar-refractivity contribution < 1.29 is 41.7 Å². The Kier molecular flexibility index (Phi) is 29.4. The summed E-state index contributed by atoms with van der Waals surface area (Å²) in [4.78, 5) is 0. The van der Waals surface area contributed by atoms with Crippen LogP contribution in [0.1, 0.15) is 140 Å². The van der Waals surface area contributed by atoms with Crippen LogP contribution in [0.4, 0.5) is 0 Å². The normalized spacial score (nSPS) is 33.0. The van der Waals surface area contributed by atoms with Gasteiger partial charge in [0.25, 0.3) is 0 Å². The average molecular weight is 1180 g/mol. The minimum atomic E-state index is -0.826. The fourth-order valence-corrected chi connectivity index (χ4v) is 14.6. The zero-order valence-corrected chi connectivity index (χ0v) is 54.0. The van der Waals surface area contributed by atoms with Gasteiger partial charge in [-0.25, -0.2) is 0 Å². The van der Waals surface area contributed by atoms with Crippen LogP contribution >= 0.6 is 34.1 Å². The van der Waals surface area contributed by atoms with Gasteiger partial charge in [-0.05, 0) is 167 Å². The Morgan fingerprint density at radius 3 is 1.17 bits per heavy atom. The summed E-state index contributed by atoms with van der Waals surface area (Å²) in [5.41, 5.74) is 4.30. The van der Waals surface area contributed by atoms with E-state index in [0.29, 0.717) is 52.3 Å². The topological polar surface area (TPSA) is 0 Å². The van der Waals surface area contributed by atoms with Gasteiger partial charge in [0, 0.05) is 0 Å². The summed E-state index contributed by atoms with van der Waals surface area (Å²) >= 11 is -1.65. The van der Waals surface area contributed by atoms with E-state index < -0.39 is 41.7 Å². The predicted octanol–water partition coefficient (Wildman–Crippen LogP) is 21.3. The molecule has 0 radical (unpaired) electrons. The number of hydrogen-bond acceptors (Lipinski definition) is 0. The summed E-state index contributed by atoms with van der Waals surface area (Å²) in [6.07, 6.45) is 54.0. The second-order valence-corrected chi connectivity index (χ2v) is 31.8. The van der Waals surface area contributed by atoms with Crippen LogP contribution in [0.3, 0.4) is 0 Å². The van der Waals surface area contributed by atoms with Crippen LogP contribution in [-0.4, -0.2) is 0 Å². The van der Waals surface area contributed by atoms with Crippen LogP contribution in [0.2, 0.25) is 0 Å². The number of allylic oxidation sites excluding steroid dienone is 18. The van der Waals surface area contributed by atoms with Gasteiger partial charge in [0.1, 0.15) is 0 Å². The van der Waals surface area contributed by atoms with Crippen molar-refractivity contribution in [1.29, 1.82) is 0 Å². The van der Waals surface area contributed by atoms with E-state index in [-0.39, 0.29) is 40.5 Å². The Balaban J connectivity index is 0.000000605. The molecule has 0 aromatic heterocycles. The second kappa shape index (κ2) is 30.2. The van der Waals surface area contributed by atoms with Crippen LogP contribution in [0.25, 0.3) is 0 Å². The summed E-state index contributed by atoms with van der Waals surface area (Å²) in [7, 11) is 19.7. The Morgan fingerprint density at radius 1 is 0.478 bits per heavy atom. The number of hydrogen-bond donors (Lipinski definition) is 0. The summed E-state index contributed by atoms with van der Waals surface area (Å²) in [5.74, 6) is 10.5. The molecule has 8 aliphatic rings. The van der Waals surface area contributed by atoms with E-state index >= 15 is 0 Å². The quantitative estimate of drug-likeness (QED) is 0.110. The minimum absolute atomic E-state index is 0. The van der Waals surface area contributed by atoms with Gasteiger partial charge in [-0.3, -0.25) is 0 Å². The van der Waals surface area contributed by atoms with Crippen molar-refractivity contribution in [2.75, 3.05) is 0 Å². The summed E-state index contributed by atoms with van der Waals surface area (Å²) in [6.45, 7) is 32.6. The first kappa shape index (κ1) is 67.3. The molecular weight excluding hydrogens is 1080 g/mol. The van der Waals surface area contributed by atoms with E-state index in [1.54, 1.807) is 11.1 Å². The Labute approximate surface area is 466 Å². The molecule has 0 amide bonds. The fraction of sp³-hybridized carbons (Fsp3) is 0.619. The summed E-state index contributed by atoms with van der Waals surface area (Å²) < 4.78 is 0. The molecule has 8 aliphatic carbocycles. The number of fused-ring (bicyclic) bond motifs is 6. The van der Waals surface area contributed by atoms with Crippen LogP contribution in [0, 0.1) is 134 Å². The Bertz CT molecular complexity index is 1720. The molecule has 0 heterocycles. The van der Waals surface area contributed by atoms with Gasteiger partial charge in [0.15, 0.2) is 0 Å². The van der Waals surface area contributed by atoms with Crippen LogP contribution in [-0.2, 0) is 41.7 Å². The van der Waals surface area contributed by atoms with E-state index in [2.05, 4.69) is 180 Å². The molecular formula is C63H98Cl4Zr2. The Hall–Kier alpha value is 0.326. The Morgan fingerprint density at radius 2 is 0.812 bits per heavy atom.